The first-order valence-electron chi connectivity index (χ1n) is 6.25. The fourth-order valence-electron chi connectivity index (χ4n) is 2.41. The Hall–Kier alpha value is -0.580. The highest BCUT2D eigenvalue weighted by atomic mass is 79.9. The van der Waals surface area contributed by atoms with E-state index in [9.17, 15) is 5.11 Å². The average Bonchev–Trinajstić information content (AvgIpc) is 2.27. The first-order valence-corrected chi connectivity index (χ1v) is 7.04. The Morgan fingerprint density at radius 3 is 2.78 bits per heavy atom. The van der Waals surface area contributed by atoms with Gasteiger partial charge in [-0.15, -0.1) is 0 Å². The molecule has 0 aliphatic carbocycles. The second kappa shape index (κ2) is 5.19. The molecular formula is C14H20BrNO2. The van der Waals surface area contributed by atoms with Crippen molar-refractivity contribution in [1.82, 2.24) is 0 Å². The molecule has 0 amide bonds. The maximum atomic E-state index is 9.92. The summed E-state index contributed by atoms with van der Waals surface area (Å²) < 4.78 is 6.58. The zero-order valence-electron chi connectivity index (χ0n) is 11.1. The van der Waals surface area contributed by atoms with E-state index in [0.717, 1.165) is 28.9 Å². The summed E-state index contributed by atoms with van der Waals surface area (Å²) in [6.45, 7) is 8.43. The van der Waals surface area contributed by atoms with Crippen LogP contribution in [0.5, 0.6) is 0 Å². The van der Waals surface area contributed by atoms with E-state index in [2.05, 4.69) is 40.7 Å². The minimum Gasteiger partial charge on any atom is -0.389 e. The average molecular weight is 314 g/mol. The van der Waals surface area contributed by atoms with Crippen molar-refractivity contribution >= 4 is 21.6 Å². The lowest BCUT2D eigenvalue weighted by Gasteiger charge is -2.44. The number of hydrogen-bond acceptors (Lipinski definition) is 3. The van der Waals surface area contributed by atoms with Gasteiger partial charge >= 0.3 is 0 Å². The monoisotopic (exact) mass is 313 g/mol. The first kappa shape index (κ1) is 13.8. The van der Waals surface area contributed by atoms with E-state index in [-0.39, 0.29) is 5.54 Å². The number of anilines is 1. The Bertz CT molecular complexity index is 432. The van der Waals surface area contributed by atoms with Gasteiger partial charge < -0.3 is 14.7 Å². The number of ether oxygens (including phenoxy) is 1. The molecule has 0 aromatic heterocycles. The highest BCUT2D eigenvalue weighted by Crippen LogP contribution is 2.34. The fourth-order valence-corrected chi connectivity index (χ4v) is 2.76. The molecule has 0 spiro atoms. The van der Waals surface area contributed by atoms with Gasteiger partial charge in [-0.05, 0) is 32.9 Å². The van der Waals surface area contributed by atoms with Crippen LogP contribution in [0.3, 0.4) is 0 Å². The van der Waals surface area contributed by atoms with Crippen molar-refractivity contribution in [1.29, 1.82) is 0 Å². The van der Waals surface area contributed by atoms with E-state index < -0.39 is 6.10 Å². The number of aliphatic hydroxyl groups is 1. The van der Waals surface area contributed by atoms with E-state index in [0.29, 0.717) is 6.61 Å². The van der Waals surface area contributed by atoms with E-state index in [1.165, 1.54) is 0 Å². The van der Waals surface area contributed by atoms with Crippen molar-refractivity contribution in [2.75, 3.05) is 24.7 Å². The standard InChI is InChI=1S/C14H20BrNO2/c1-10(17)12-5-4-11(15)8-13(12)16-6-7-18-9-14(16,2)3/h4-5,8,10,17H,6-7,9H2,1-3H3. The highest BCUT2D eigenvalue weighted by Gasteiger charge is 2.32. The van der Waals surface area contributed by atoms with Crippen molar-refractivity contribution < 1.29 is 9.84 Å². The lowest BCUT2D eigenvalue weighted by molar-refractivity contribution is 0.0639. The Kier molecular flexibility index (Phi) is 3.99. The molecule has 0 bridgehead atoms. The van der Waals surface area contributed by atoms with E-state index >= 15 is 0 Å². The van der Waals surface area contributed by atoms with Crippen LogP contribution in [-0.2, 0) is 4.74 Å². The van der Waals surface area contributed by atoms with Gasteiger partial charge in [-0.25, -0.2) is 0 Å². The molecule has 100 valence electrons. The Morgan fingerprint density at radius 2 is 2.17 bits per heavy atom. The van der Waals surface area contributed by atoms with Gasteiger partial charge in [-0.2, -0.15) is 0 Å². The number of aliphatic hydroxyl groups excluding tert-OH is 1. The quantitative estimate of drug-likeness (QED) is 0.910. The number of halogens is 1. The maximum Gasteiger partial charge on any atom is 0.0782 e. The first-order chi connectivity index (χ1) is 8.42. The third-order valence-electron chi connectivity index (χ3n) is 3.38. The molecule has 1 aliphatic rings. The normalized spacial score (nSPS) is 20.8. The minimum atomic E-state index is -0.466. The summed E-state index contributed by atoms with van der Waals surface area (Å²) in [6, 6.07) is 6.03. The van der Waals surface area contributed by atoms with Gasteiger partial charge in [0.25, 0.3) is 0 Å². The van der Waals surface area contributed by atoms with Crippen LogP contribution in [0.25, 0.3) is 0 Å². The topological polar surface area (TPSA) is 32.7 Å². The van der Waals surface area contributed by atoms with Crippen molar-refractivity contribution in [3.05, 3.63) is 28.2 Å². The molecule has 1 aromatic carbocycles. The molecule has 1 atom stereocenters. The second-order valence-corrected chi connectivity index (χ2v) is 6.31. The van der Waals surface area contributed by atoms with Gasteiger partial charge in [-0.3, -0.25) is 0 Å². The van der Waals surface area contributed by atoms with Crippen LogP contribution in [0.1, 0.15) is 32.4 Å². The van der Waals surface area contributed by atoms with Gasteiger partial charge in [0, 0.05) is 22.3 Å². The number of morpholine rings is 1. The van der Waals surface area contributed by atoms with Crippen molar-refractivity contribution in [2.45, 2.75) is 32.4 Å². The van der Waals surface area contributed by atoms with Gasteiger partial charge in [0.2, 0.25) is 0 Å². The number of nitrogens with zero attached hydrogens (tertiary/aromatic N) is 1. The van der Waals surface area contributed by atoms with Crippen molar-refractivity contribution in [3.8, 4) is 0 Å². The molecule has 0 radical (unpaired) electrons. The summed E-state index contributed by atoms with van der Waals surface area (Å²) in [5.74, 6) is 0. The predicted molar refractivity (Wildman–Crippen MR) is 77.0 cm³/mol. The van der Waals surface area contributed by atoms with E-state index in [1.54, 1.807) is 6.92 Å². The minimum absolute atomic E-state index is 0.0529. The summed E-state index contributed by atoms with van der Waals surface area (Å²) in [7, 11) is 0. The summed E-state index contributed by atoms with van der Waals surface area (Å²) in [5.41, 5.74) is 2.00. The summed E-state index contributed by atoms with van der Waals surface area (Å²) >= 11 is 3.51. The molecule has 2 rings (SSSR count). The van der Waals surface area contributed by atoms with Crippen molar-refractivity contribution in [3.63, 3.8) is 0 Å². The zero-order chi connectivity index (χ0) is 13.3. The van der Waals surface area contributed by atoms with Crippen LogP contribution in [0.15, 0.2) is 22.7 Å². The van der Waals surface area contributed by atoms with E-state index in [4.69, 9.17) is 4.74 Å². The summed E-state index contributed by atoms with van der Waals surface area (Å²) in [5, 5.41) is 9.92. The molecule has 1 N–H and O–H groups in total. The van der Waals surface area contributed by atoms with Gasteiger partial charge in [0.05, 0.1) is 24.9 Å². The van der Waals surface area contributed by atoms with Gasteiger partial charge in [-0.1, -0.05) is 22.0 Å². The summed E-state index contributed by atoms with van der Waals surface area (Å²) in [6.07, 6.45) is -0.466. The molecule has 3 nitrogen and oxygen atoms in total. The molecule has 0 saturated carbocycles. The second-order valence-electron chi connectivity index (χ2n) is 5.40. The third-order valence-corrected chi connectivity index (χ3v) is 3.87. The molecular weight excluding hydrogens is 294 g/mol. The SMILES string of the molecule is CC(O)c1ccc(Br)cc1N1CCOCC1(C)C. The van der Waals surface area contributed by atoms with Crippen LogP contribution >= 0.6 is 15.9 Å². The molecule has 1 fully saturated rings. The lowest BCUT2D eigenvalue weighted by Crippen LogP contribution is -2.53. The van der Waals surface area contributed by atoms with E-state index in [1.807, 2.05) is 12.1 Å². The van der Waals surface area contributed by atoms with Crippen molar-refractivity contribution in [2.24, 2.45) is 0 Å². The molecule has 1 aliphatic heterocycles. The maximum absolute atomic E-state index is 9.92. The number of rotatable bonds is 2. The van der Waals surface area contributed by atoms with Crippen LogP contribution in [0, 0.1) is 0 Å². The van der Waals surface area contributed by atoms with Crippen LogP contribution in [-0.4, -0.2) is 30.4 Å². The Balaban J connectivity index is 2.45. The number of hydrogen-bond donors (Lipinski definition) is 1. The Morgan fingerprint density at radius 1 is 1.44 bits per heavy atom. The third kappa shape index (κ3) is 2.71. The smallest absolute Gasteiger partial charge is 0.0782 e. The summed E-state index contributed by atoms with van der Waals surface area (Å²) in [4.78, 5) is 2.32. The van der Waals surface area contributed by atoms with Crippen LogP contribution in [0.2, 0.25) is 0 Å². The van der Waals surface area contributed by atoms with Crippen LogP contribution in [0.4, 0.5) is 5.69 Å². The van der Waals surface area contributed by atoms with Crippen LogP contribution < -0.4 is 4.90 Å². The highest BCUT2D eigenvalue weighted by molar-refractivity contribution is 9.10. The Labute approximate surface area is 117 Å². The predicted octanol–water partition coefficient (Wildman–Crippen LogP) is 3.12. The lowest BCUT2D eigenvalue weighted by atomic mass is 9.98. The molecule has 1 unspecified atom stereocenters. The molecule has 4 heteroatoms. The molecule has 1 aromatic rings. The van der Waals surface area contributed by atoms with Gasteiger partial charge in [0.15, 0.2) is 0 Å². The molecule has 1 saturated heterocycles. The fraction of sp³-hybridized carbons (Fsp3) is 0.571. The molecule has 1 heterocycles. The number of benzene rings is 1. The molecule has 18 heavy (non-hydrogen) atoms. The zero-order valence-corrected chi connectivity index (χ0v) is 12.7. The largest absolute Gasteiger partial charge is 0.389 e. The van der Waals surface area contributed by atoms with Gasteiger partial charge in [0.1, 0.15) is 0 Å².